The first-order valence-electron chi connectivity index (χ1n) is 8.37. The van der Waals surface area contributed by atoms with Gasteiger partial charge in [-0.1, -0.05) is 0 Å². The maximum atomic E-state index is 12.5. The van der Waals surface area contributed by atoms with Crippen molar-refractivity contribution in [3.63, 3.8) is 0 Å². The summed E-state index contributed by atoms with van der Waals surface area (Å²) >= 11 is 0. The van der Waals surface area contributed by atoms with Gasteiger partial charge in [-0.15, -0.1) is 0 Å². The van der Waals surface area contributed by atoms with E-state index in [1.807, 2.05) is 0 Å². The Balaban J connectivity index is 2.17. The van der Waals surface area contributed by atoms with Crippen LogP contribution >= 0.6 is 0 Å². The first-order chi connectivity index (χ1) is 13.8. The first-order valence-corrected chi connectivity index (χ1v) is 8.37. The number of methoxy groups -OCH3 is 3. The zero-order chi connectivity index (χ0) is 21.6. The van der Waals surface area contributed by atoms with Crippen molar-refractivity contribution in [2.24, 2.45) is 0 Å². The second kappa shape index (κ2) is 9.40. The quantitative estimate of drug-likeness (QED) is 0.404. The largest absolute Gasteiger partial charge is 0.497 e. The van der Waals surface area contributed by atoms with E-state index in [0.29, 0.717) is 11.4 Å². The molecule has 0 saturated heterocycles. The van der Waals surface area contributed by atoms with E-state index in [0.717, 1.165) is 12.1 Å². The van der Waals surface area contributed by atoms with Crippen LogP contribution in [0.4, 0.5) is 11.4 Å². The van der Waals surface area contributed by atoms with Gasteiger partial charge >= 0.3 is 5.97 Å². The van der Waals surface area contributed by atoms with E-state index in [1.165, 1.54) is 28.3 Å². The minimum absolute atomic E-state index is 0.0843. The highest BCUT2D eigenvalue weighted by atomic mass is 16.6. The highest BCUT2D eigenvalue weighted by molar-refractivity contribution is 5.99. The lowest BCUT2D eigenvalue weighted by atomic mass is 10.1. The molecule has 1 atom stereocenters. The SMILES string of the molecule is COc1ccc(NC(=O)[C@@H](C)OC(=O)c2cc(OC)c(OC)cc2[N+](=O)[O-])cc1. The van der Waals surface area contributed by atoms with Crippen LogP contribution in [0.2, 0.25) is 0 Å². The summed E-state index contributed by atoms with van der Waals surface area (Å²) in [5.41, 5.74) is -0.428. The topological polar surface area (TPSA) is 126 Å². The van der Waals surface area contributed by atoms with Crippen LogP contribution in [0.3, 0.4) is 0 Å². The van der Waals surface area contributed by atoms with Gasteiger partial charge in [-0.3, -0.25) is 14.9 Å². The molecule has 0 saturated carbocycles. The van der Waals surface area contributed by atoms with Crippen molar-refractivity contribution >= 4 is 23.3 Å². The van der Waals surface area contributed by atoms with Gasteiger partial charge in [0.25, 0.3) is 11.6 Å². The molecule has 10 nitrogen and oxygen atoms in total. The van der Waals surface area contributed by atoms with E-state index in [9.17, 15) is 19.7 Å². The number of hydrogen-bond acceptors (Lipinski definition) is 8. The lowest BCUT2D eigenvalue weighted by Crippen LogP contribution is -2.30. The van der Waals surface area contributed by atoms with Crippen molar-refractivity contribution in [3.05, 3.63) is 52.1 Å². The molecule has 2 aromatic rings. The average molecular weight is 404 g/mol. The molecule has 10 heteroatoms. The molecule has 1 N–H and O–H groups in total. The Morgan fingerprint density at radius 1 is 1.00 bits per heavy atom. The van der Waals surface area contributed by atoms with Crippen LogP contribution in [0.5, 0.6) is 17.2 Å². The van der Waals surface area contributed by atoms with E-state index < -0.39 is 28.6 Å². The lowest BCUT2D eigenvalue weighted by Gasteiger charge is -2.15. The van der Waals surface area contributed by atoms with Crippen LogP contribution in [0.15, 0.2) is 36.4 Å². The summed E-state index contributed by atoms with van der Waals surface area (Å²) in [6.07, 6.45) is -1.21. The number of nitrogens with zero attached hydrogens (tertiary/aromatic N) is 1. The zero-order valence-corrected chi connectivity index (χ0v) is 16.3. The van der Waals surface area contributed by atoms with E-state index >= 15 is 0 Å². The summed E-state index contributed by atoms with van der Waals surface area (Å²) in [5.74, 6) is -0.841. The van der Waals surface area contributed by atoms with Gasteiger partial charge in [0.1, 0.15) is 11.3 Å². The molecule has 154 valence electrons. The normalized spacial score (nSPS) is 11.2. The molecule has 0 bridgehead atoms. The van der Waals surface area contributed by atoms with Gasteiger partial charge in [0.15, 0.2) is 17.6 Å². The second-order valence-corrected chi connectivity index (χ2v) is 5.75. The number of nitro benzene ring substituents is 1. The predicted octanol–water partition coefficient (Wildman–Crippen LogP) is 2.80. The van der Waals surface area contributed by atoms with Crippen molar-refractivity contribution in [3.8, 4) is 17.2 Å². The van der Waals surface area contributed by atoms with Crippen LogP contribution in [-0.4, -0.2) is 44.2 Å². The number of carbonyl (C=O) groups is 2. The van der Waals surface area contributed by atoms with Gasteiger partial charge in [-0.05, 0) is 31.2 Å². The molecule has 0 fully saturated rings. The number of amides is 1. The molecule has 0 aliphatic carbocycles. The Morgan fingerprint density at radius 2 is 1.59 bits per heavy atom. The number of nitrogens with one attached hydrogen (secondary N) is 1. The molecule has 1 amide bonds. The number of carbonyl (C=O) groups excluding carboxylic acids is 2. The fraction of sp³-hybridized carbons (Fsp3) is 0.263. The number of benzene rings is 2. The highest BCUT2D eigenvalue weighted by Gasteiger charge is 2.28. The van der Waals surface area contributed by atoms with E-state index in [1.54, 1.807) is 24.3 Å². The third-order valence-corrected chi connectivity index (χ3v) is 3.93. The molecule has 0 spiro atoms. The Labute approximate surface area is 166 Å². The average Bonchev–Trinajstić information content (AvgIpc) is 2.72. The molecule has 0 aromatic heterocycles. The fourth-order valence-corrected chi connectivity index (χ4v) is 2.38. The van der Waals surface area contributed by atoms with Gasteiger partial charge in [0, 0.05) is 11.8 Å². The van der Waals surface area contributed by atoms with Crippen molar-refractivity contribution < 1.29 is 33.5 Å². The molecule has 29 heavy (non-hydrogen) atoms. The molecular weight excluding hydrogens is 384 g/mol. The van der Waals surface area contributed by atoms with Gasteiger partial charge in [0.2, 0.25) is 0 Å². The predicted molar refractivity (Wildman–Crippen MR) is 103 cm³/mol. The van der Waals surface area contributed by atoms with Gasteiger partial charge < -0.3 is 24.3 Å². The molecule has 2 aromatic carbocycles. The molecule has 0 aliphatic rings. The molecule has 0 unspecified atom stereocenters. The zero-order valence-electron chi connectivity index (χ0n) is 16.3. The van der Waals surface area contributed by atoms with E-state index in [-0.39, 0.29) is 17.1 Å². The third-order valence-electron chi connectivity index (χ3n) is 3.93. The Hall–Kier alpha value is -3.82. The summed E-state index contributed by atoms with van der Waals surface area (Å²) in [6, 6.07) is 8.72. The van der Waals surface area contributed by atoms with Gasteiger partial charge in [-0.2, -0.15) is 0 Å². The van der Waals surface area contributed by atoms with Crippen molar-refractivity contribution in [2.45, 2.75) is 13.0 Å². The number of ether oxygens (including phenoxy) is 4. The third kappa shape index (κ3) is 5.12. The standard InChI is InChI=1S/C19H20N2O8/c1-11(18(22)20-12-5-7-13(26-2)8-6-12)29-19(23)14-9-16(27-3)17(28-4)10-15(14)21(24)25/h5-11H,1-4H3,(H,20,22)/t11-/m1/s1. The van der Waals surface area contributed by atoms with Crippen molar-refractivity contribution in [2.75, 3.05) is 26.6 Å². The fourth-order valence-electron chi connectivity index (χ4n) is 2.38. The first kappa shape index (κ1) is 21.5. The Bertz CT molecular complexity index is 911. The van der Waals surface area contributed by atoms with Gasteiger partial charge in [0.05, 0.1) is 32.3 Å². The molecule has 0 heterocycles. The van der Waals surface area contributed by atoms with Crippen LogP contribution in [0, 0.1) is 10.1 Å². The molecular formula is C19H20N2O8. The van der Waals surface area contributed by atoms with E-state index in [2.05, 4.69) is 5.32 Å². The number of esters is 1. The van der Waals surface area contributed by atoms with Crippen molar-refractivity contribution in [1.82, 2.24) is 0 Å². The monoisotopic (exact) mass is 404 g/mol. The lowest BCUT2D eigenvalue weighted by molar-refractivity contribution is -0.385. The number of anilines is 1. The Morgan fingerprint density at radius 3 is 2.10 bits per heavy atom. The summed E-state index contributed by atoms with van der Waals surface area (Å²) in [5, 5.41) is 13.9. The maximum absolute atomic E-state index is 12.5. The summed E-state index contributed by atoms with van der Waals surface area (Å²) < 4.78 is 20.2. The highest BCUT2D eigenvalue weighted by Crippen LogP contribution is 2.35. The minimum atomic E-state index is -1.21. The maximum Gasteiger partial charge on any atom is 0.346 e. The Kier molecular flexibility index (Phi) is 6.96. The van der Waals surface area contributed by atoms with Crippen LogP contribution in [0.1, 0.15) is 17.3 Å². The summed E-state index contributed by atoms with van der Waals surface area (Å²) in [6.45, 7) is 1.35. The molecule has 0 aliphatic heterocycles. The molecule has 0 radical (unpaired) electrons. The van der Waals surface area contributed by atoms with Gasteiger partial charge in [-0.25, -0.2) is 4.79 Å². The second-order valence-electron chi connectivity index (χ2n) is 5.75. The molecule has 2 rings (SSSR count). The minimum Gasteiger partial charge on any atom is -0.497 e. The van der Waals surface area contributed by atoms with E-state index in [4.69, 9.17) is 18.9 Å². The summed E-state index contributed by atoms with van der Waals surface area (Å²) in [4.78, 5) is 35.3. The van der Waals surface area contributed by atoms with Crippen molar-refractivity contribution in [1.29, 1.82) is 0 Å². The van der Waals surface area contributed by atoms with Crippen LogP contribution < -0.4 is 19.5 Å². The smallest absolute Gasteiger partial charge is 0.346 e. The number of nitro groups is 1. The number of rotatable bonds is 8. The summed E-state index contributed by atoms with van der Waals surface area (Å²) in [7, 11) is 4.15. The van der Waals surface area contributed by atoms with Crippen LogP contribution in [-0.2, 0) is 9.53 Å². The number of hydrogen-bond donors (Lipinski definition) is 1. The van der Waals surface area contributed by atoms with Crippen LogP contribution in [0.25, 0.3) is 0 Å².